The second-order valence-electron chi connectivity index (χ2n) is 14.1. The second-order valence-corrected chi connectivity index (χ2v) is 15.2. The molecule has 3 aliphatic heterocycles. The van der Waals surface area contributed by atoms with Crippen molar-refractivity contribution in [1.82, 2.24) is 30.1 Å². The average molecular weight is 812 g/mol. The Kier molecular flexibility index (Phi) is 11.3. The molecule has 14 heteroatoms. The molecule has 55 heavy (non-hydrogen) atoms. The van der Waals surface area contributed by atoms with Crippen LogP contribution in [0.4, 0.5) is 0 Å². The van der Waals surface area contributed by atoms with E-state index in [1.807, 2.05) is 60.7 Å². The molecular weight excluding hydrogens is 768 g/mol. The quantitative estimate of drug-likeness (QED) is 0.0960. The van der Waals surface area contributed by atoms with Crippen molar-refractivity contribution in [2.24, 2.45) is 11.8 Å². The minimum absolute atomic E-state index is 0.00483. The molecule has 3 saturated heterocycles. The zero-order chi connectivity index (χ0) is 38.7. The normalized spacial score (nSPS) is 24.9. The van der Waals surface area contributed by atoms with Crippen LogP contribution in [0.15, 0.2) is 110 Å². The van der Waals surface area contributed by atoms with Gasteiger partial charge in [0.1, 0.15) is 30.4 Å². The maximum Gasteiger partial charge on any atom is 0.306 e. The van der Waals surface area contributed by atoms with Crippen LogP contribution in [0.3, 0.4) is 0 Å². The summed E-state index contributed by atoms with van der Waals surface area (Å²) in [5.74, 6) is -3.91. The number of aromatic nitrogens is 3. The molecule has 2 N–H and O–H groups in total. The standard InChI is InChI=1S/C41H43BrN6O7/c1-3-5-20-33(50)54-24-30(26-14-8-6-9-15-26)43-38(51)34-35-39(52)48(32(23-49)27-16-10-7-11-17-27)37(41(35)22-28(42)36(34)55-41)40(53)46(21-4-2)25-47-31-19-13-12-18-29(31)44-45-47/h3-4,6-19,28,30,32,34-37,49H,1-2,5,20-25H2,(H,43,51)/t28?,30-,32+,34+,35-,36+,37+,41-/m0/s1. The molecule has 4 heterocycles. The Labute approximate surface area is 327 Å². The number of hydrogen-bond donors (Lipinski definition) is 2. The highest BCUT2D eigenvalue weighted by Crippen LogP contribution is 2.61. The van der Waals surface area contributed by atoms with Crippen molar-refractivity contribution in [1.29, 1.82) is 0 Å². The number of aliphatic hydroxyl groups is 1. The van der Waals surface area contributed by atoms with Gasteiger partial charge in [-0.05, 0) is 36.1 Å². The van der Waals surface area contributed by atoms with E-state index in [0.717, 1.165) is 0 Å². The number of hydrogen-bond acceptors (Lipinski definition) is 9. The molecule has 1 unspecified atom stereocenters. The maximum absolute atomic E-state index is 15.2. The van der Waals surface area contributed by atoms with Crippen LogP contribution < -0.4 is 5.32 Å². The van der Waals surface area contributed by atoms with Crippen LogP contribution in [0.5, 0.6) is 0 Å². The van der Waals surface area contributed by atoms with Crippen LogP contribution in [-0.4, -0.2) is 95.9 Å². The molecule has 4 aromatic rings. The van der Waals surface area contributed by atoms with Crippen molar-refractivity contribution in [2.75, 3.05) is 19.8 Å². The van der Waals surface area contributed by atoms with Gasteiger partial charge in [-0.3, -0.25) is 19.2 Å². The number of nitrogens with zero attached hydrogens (tertiary/aromatic N) is 5. The van der Waals surface area contributed by atoms with Crippen LogP contribution in [0.1, 0.15) is 42.5 Å². The van der Waals surface area contributed by atoms with Crippen LogP contribution >= 0.6 is 15.9 Å². The first-order chi connectivity index (χ1) is 26.7. The first kappa shape index (κ1) is 38.1. The van der Waals surface area contributed by atoms with Crippen molar-refractivity contribution < 1.29 is 33.8 Å². The molecule has 3 aliphatic rings. The molecule has 0 saturated carbocycles. The van der Waals surface area contributed by atoms with Gasteiger partial charge in [-0.15, -0.1) is 18.3 Å². The van der Waals surface area contributed by atoms with E-state index < -0.39 is 72.0 Å². The Hall–Kier alpha value is -5.18. The smallest absolute Gasteiger partial charge is 0.306 e. The predicted molar refractivity (Wildman–Crippen MR) is 206 cm³/mol. The monoisotopic (exact) mass is 810 g/mol. The third kappa shape index (κ3) is 7.09. The van der Waals surface area contributed by atoms with Gasteiger partial charge in [-0.2, -0.15) is 0 Å². The molecule has 0 aliphatic carbocycles. The number of alkyl halides is 1. The van der Waals surface area contributed by atoms with Gasteiger partial charge in [0.25, 0.3) is 0 Å². The SMILES string of the molecule is C=CCCC(=O)OC[C@H](NC(=O)[C@H]1[C@@H]2O[C@@]3(CC2Br)[C@@H]1C(=O)N([C@H](CO)c1ccccc1)[C@@H]3C(=O)N(CC=C)Cn1nnc2ccccc21)c1ccccc1. The molecule has 1 aromatic heterocycles. The van der Waals surface area contributed by atoms with Crippen molar-refractivity contribution >= 4 is 50.7 Å². The molecule has 1 spiro atoms. The van der Waals surface area contributed by atoms with E-state index in [-0.39, 0.29) is 37.5 Å². The fourth-order valence-corrected chi connectivity index (χ4v) is 9.33. The molecule has 286 valence electrons. The summed E-state index contributed by atoms with van der Waals surface area (Å²) < 4.78 is 14.0. The lowest BCUT2D eigenvalue weighted by Gasteiger charge is -2.39. The zero-order valence-corrected chi connectivity index (χ0v) is 31.7. The number of nitrogens with one attached hydrogen (secondary N) is 1. The van der Waals surface area contributed by atoms with Gasteiger partial charge >= 0.3 is 5.97 Å². The number of para-hydroxylation sites is 1. The largest absolute Gasteiger partial charge is 0.463 e. The average Bonchev–Trinajstić information content (AvgIpc) is 3.93. The van der Waals surface area contributed by atoms with Crippen LogP contribution in [0, 0.1) is 11.8 Å². The summed E-state index contributed by atoms with van der Waals surface area (Å²) in [5, 5.41) is 22.6. The molecule has 3 fully saturated rings. The molecule has 2 bridgehead atoms. The van der Waals surface area contributed by atoms with E-state index in [2.05, 4.69) is 44.7 Å². The van der Waals surface area contributed by atoms with Gasteiger partial charge in [0.2, 0.25) is 17.7 Å². The summed E-state index contributed by atoms with van der Waals surface area (Å²) in [4.78, 5) is 60.0. The second kappa shape index (κ2) is 16.3. The number of allylic oxidation sites excluding steroid dienone is 1. The van der Waals surface area contributed by atoms with E-state index in [1.54, 1.807) is 41.1 Å². The van der Waals surface area contributed by atoms with Gasteiger partial charge in [-0.25, -0.2) is 4.68 Å². The fourth-order valence-electron chi connectivity index (χ4n) is 8.38. The number of esters is 1. The molecule has 13 nitrogen and oxygen atoms in total. The van der Waals surface area contributed by atoms with E-state index in [1.165, 1.54) is 9.80 Å². The van der Waals surface area contributed by atoms with Gasteiger partial charge in [0, 0.05) is 17.8 Å². The van der Waals surface area contributed by atoms with Gasteiger partial charge in [0.15, 0.2) is 0 Å². The first-order valence-corrected chi connectivity index (χ1v) is 19.2. The molecular formula is C41H43BrN6O7. The van der Waals surface area contributed by atoms with Crippen molar-refractivity contribution in [3.05, 3.63) is 121 Å². The maximum atomic E-state index is 15.2. The third-order valence-electron chi connectivity index (χ3n) is 10.8. The van der Waals surface area contributed by atoms with Crippen LogP contribution in [0.2, 0.25) is 0 Å². The Balaban J connectivity index is 1.26. The minimum atomic E-state index is -1.43. The number of aliphatic hydroxyl groups excluding tert-OH is 1. The highest BCUT2D eigenvalue weighted by molar-refractivity contribution is 9.09. The van der Waals surface area contributed by atoms with Gasteiger partial charge in [0.05, 0.1) is 42.1 Å². The number of ether oxygens (including phenoxy) is 2. The summed E-state index contributed by atoms with van der Waals surface area (Å²) in [6.45, 7) is 7.04. The van der Waals surface area contributed by atoms with Crippen LogP contribution in [0.25, 0.3) is 11.0 Å². The molecule has 7 rings (SSSR count). The van der Waals surface area contributed by atoms with Crippen LogP contribution in [-0.2, 0) is 35.3 Å². The number of benzene rings is 3. The number of fused-ring (bicyclic) bond motifs is 2. The summed E-state index contributed by atoms with van der Waals surface area (Å²) in [7, 11) is 0. The number of carbonyl (C=O) groups is 4. The number of likely N-dealkylation sites (tertiary alicyclic amines) is 1. The summed E-state index contributed by atoms with van der Waals surface area (Å²) in [6.07, 6.45) is 3.33. The van der Waals surface area contributed by atoms with Crippen molar-refractivity contribution in [3.8, 4) is 0 Å². The molecule has 3 amide bonds. The Morgan fingerprint density at radius 1 is 1.04 bits per heavy atom. The van der Waals surface area contributed by atoms with E-state index in [4.69, 9.17) is 9.47 Å². The lowest BCUT2D eigenvalue weighted by molar-refractivity contribution is -0.152. The summed E-state index contributed by atoms with van der Waals surface area (Å²) in [5.41, 5.74) is 1.27. The van der Waals surface area contributed by atoms with E-state index >= 15 is 9.59 Å². The molecule has 8 atom stereocenters. The van der Waals surface area contributed by atoms with Crippen molar-refractivity contribution in [3.63, 3.8) is 0 Å². The summed E-state index contributed by atoms with van der Waals surface area (Å²) in [6, 6.07) is 22.7. The topological polar surface area (TPSA) is 156 Å². The van der Waals surface area contributed by atoms with E-state index in [0.29, 0.717) is 28.6 Å². The number of carbonyl (C=O) groups excluding carboxylic acids is 4. The summed E-state index contributed by atoms with van der Waals surface area (Å²) >= 11 is 3.75. The highest BCUT2D eigenvalue weighted by atomic mass is 79.9. The number of halogens is 1. The predicted octanol–water partition coefficient (Wildman–Crippen LogP) is 4.25. The number of rotatable bonds is 16. The fraction of sp³-hybridized carbons (Fsp3) is 0.366. The molecule has 3 aromatic carbocycles. The minimum Gasteiger partial charge on any atom is -0.463 e. The van der Waals surface area contributed by atoms with Crippen molar-refractivity contribution in [2.45, 2.75) is 60.6 Å². The zero-order valence-electron chi connectivity index (χ0n) is 30.2. The van der Waals surface area contributed by atoms with Gasteiger partial charge < -0.3 is 29.7 Å². The first-order valence-electron chi connectivity index (χ1n) is 18.3. The lowest BCUT2D eigenvalue weighted by Crippen LogP contribution is -2.57. The lowest BCUT2D eigenvalue weighted by atomic mass is 9.70. The Bertz CT molecular complexity index is 2060. The Morgan fingerprint density at radius 2 is 1.73 bits per heavy atom. The molecule has 0 radical (unpaired) electrons. The number of amides is 3. The van der Waals surface area contributed by atoms with E-state index in [9.17, 15) is 14.7 Å². The highest BCUT2D eigenvalue weighted by Gasteiger charge is 2.77. The third-order valence-corrected chi connectivity index (χ3v) is 11.7. The Morgan fingerprint density at radius 3 is 2.42 bits per heavy atom. The van der Waals surface area contributed by atoms with Gasteiger partial charge in [-0.1, -0.05) is 106 Å².